The average molecular weight is 217 g/mol. The zero-order chi connectivity index (χ0) is 11.1. The predicted molar refractivity (Wildman–Crippen MR) is 47.1 cm³/mol. The highest BCUT2D eigenvalue weighted by Crippen LogP contribution is 2.40. The van der Waals surface area contributed by atoms with Crippen molar-refractivity contribution in [3.05, 3.63) is 29.6 Å². The first-order chi connectivity index (χ1) is 6.91. The molecule has 1 aromatic rings. The fourth-order valence-electron chi connectivity index (χ4n) is 1.47. The van der Waals surface area contributed by atoms with Crippen LogP contribution in [0.2, 0.25) is 0 Å². The lowest BCUT2D eigenvalue weighted by atomic mass is 10.1. The van der Waals surface area contributed by atoms with Crippen molar-refractivity contribution in [2.24, 2.45) is 0 Å². The average Bonchev–Trinajstić information content (AvgIpc) is 2.82. The monoisotopic (exact) mass is 217 g/mol. The zero-order valence-corrected chi connectivity index (χ0v) is 7.88. The van der Waals surface area contributed by atoms with Crippen LogP contribution in [-0.4, -0.2) is 15.7 Å². The highest BCUT2D eigenvalue weighted by molar-refractivity contribution is 5.25. The number of hydrogen-bond donors (Lipinski definition) is 1. The Morgan fingerprint density at radius 3 is 2.60 bits per heavy atom. The van der Waals surface area contributed by atoms with Gasteiger partial charge >= 0.3 is 6.18 Å². The van der Waals surface area contributed by atoms with Crippen LogP contribution in [0, 0.1) is 0 Å². The number of aliphatic hydroxyl groups is 1. The first-order valence-corrected chi connectivity index (χ1v) is 4.64. The molecule has 0 aromatic carbocycles. The van der Waals surface area contributed by atoms with Crippen molar-refractivity contribution in [3.63, 3.8) is 0 Å². The van der Waals surface area contributed by atoms with E-state index in [2.05, 4.69) is 4.98 Å². The smallest absolute Gasteiger partial charge is 0.389 e. The van der Waals surface area contributed by atoms with Crippen LogP contribution in [0.15, 0.2) is 18.3 Å². The van der Waals surface area contributed by atoms with Crippen LogP contribution in [0.1, 0.15) is 24.1 Å². The minimum atomic E-state index is -4.39. The first kappa shape index (κ1) is 10.4. The number of aromatic nitrogens is 1. The Labute approximate surface area is 84.8 Å². The summed E-state index contributed by atoms with van der Waals surface area (Å²) in [6.07, 6.45) is -1.98. The molecule has 2 nitrogen and oxygen atoms in total. The number of nitrogens with zero attached hydrogens (tertiary/aromatic N) is 1. The number of halogens is 3. The molecule has 0 amide bonds. The molecule has 1 aromatic heterocycles. The molecule has 1 aliphatic carbocycles. The van der Waals surface area contributed by atoms with Crippen LogP contribution >= 0.6 is 0 Å². The molecule has 5 heteroatoms. The maximum Gasteiger partial charge on any atom is 0.418 e. The molecular formula is C10H10F3NO. The first-order valence-electron chi connectivity index (χ1n) is 4.64. The van der Waals surface area contributed by atoms with E-state index in [9.17, 15) is 18.3 Å². The quantitative estimate of drug-likeness (QED) is 0.823. The van der Waals surface area contributed by atoms with Gasteiger partial charge in [-0.1, -0.05) is 0 Å². The maximum absolute atomic E-state index is 12.5. The van der Waals surface area contributed by atoms with Crippen LogP contribution in [0.25, 0.3) is 0 Å². The SMILES string of the molecule is OC1(Cc2ncccc2C(F)(F)F)CC1. The Kier molecular flexibility index (Phi) is 2.22. The van der Waals surface area contributed by atoms with Crippen LogP contribution in [0.5, 0.6) is 0 Å². The summed E-state index contributed by atoms with van der Waals surface area (Å²) in [5, 5.41) is 9.57. The second-order valence-electron chi connectivity index (χ2n) is 3.90. The summed E-state index contributed by atoms with van der Waals surface area (Å²) in [5.41, 5.74) is -1.76. The van der Waals surface area contributed by atoms with Gasteiger partial charge < -0.3 is 5.11 Å². The van der Waals surface area contributed by atoms with Crippen LogP contribution < -0.4 is 0 Å². The molecule has 1 saturated carbocycles. The van der Waals surface area contributed by atoms with Crippen molar-refractivity contribution in [1.82, 2.24) is 4.98 Å². The van der Waals surface area contributed by atoms with Gasteiger partial charge in [0.1, 0.15) is 0 Å². The van der Waals surface area contributed by atoms with E-state index < -0.39 is 17.3 Å². The largest absolute Gasteiger partial charge is 0.418 e. The number of rotatable bonds is 2. The van der Waals surface area contributed by atoms with E-state index in [0.29, 0.717) is 12.8 Å². The van der Waals surface area contributed by atoms with Gasteiger partial charge in [-0.05, 0) is 25.0 Å². The molecule has 1 aliphatic rings. The second kappa shape index (κ2) is 3.20. The van der Waals surface area contributed by atoms with Crippen molar-refractivity contribution in [1.29, 1.82) is 0 Å². The third kappa shape index (κ3) is 2.28. The number of pyridine rings is 1. The molecule has 82 valence electrons. The predicted octanol–water partition coefficient (Wildman–Crippen LogP) is 2.17. The van der Waals surface area contributed by atoms with Crippen molar-refractivity contribution in [2.75, 3.05) is 0 Å². The lowest BCUT2D eigenvalue weighted by Crippen LogP contribution is -2.17. The molecule has 0 aliphatic heterocycles. The molecule has 0 bridgehead atoms. The second-order valence-corrected chi connectivity index (χ2v) is 3.90. The molecular weight excluding hydrogens is 207 g/mol. The topological polar surface area (TPSA) is 33.1 Å². The van der Waals surface area contributed by atoms with Gasteiger partial charge in [0.15, 0.2) is 0 Å². The number of hydrogen-bond acceptors (Lipinski definition) is 2. The molecule has 0 unspecified atom stereocenters. The summed E-state index contributed by atoms with van der Waals surface area (Å²) in [5.74, 6) is 0. The minimum absolute atomic E-state index is 0.0112. The Hall–Kier alpha value is -1.10. The van der Waals surface area contributed by atoms with E-state index in [1.807, 2.05) is 0 Å². The van der Waals surface area contributed by atoms with Gasteiger partial charge in [0, 0.05) is 12.6 Å². The molecule has 1 fully saturated rings. The summed E-state index contributed by atoms with van der Waals surface area (Å²) in [7, 11) is 0. The van der Waals surface area contributed by atoms with E-state index in [1.54, 1.807) is 0 Å². The molecule has 15 heavy (non-hydrogen) atoms. The van der Waals surface area contributed by atoms with Gasteiger partial charge in [-0.15, -0.1) is 0 Å². The normalized spacial score (nSPS) is 18.9. The fourth-order valence-corrected chi connectivity index (χ4v) is 1.47. The van der Waals surface area contributed by atoms with E-state index in [-0.39, 0.29) is 12.1 Å². The van der Waals surface area contributed by atoms with Crippen LogP contribution in [0.4, 0.5) is 13.2 Å². The van der Waals surface area contributed by atoms with Gasteiger partial charge in [-0.3, -0.25) is 4.98 Å². The van der Waals surface area contributed by atoms with Crippen molar-refractivity contribution >= 4 is 0 Å². The van der Waals surface area contributed by atoms with Crippen molar-refractivity contribution < 1.29 is 18.3 Å². The summed E-state index contributed by atoms with van der Waals surface area (Å²) in [4.78, 5) is 3.69. The molecule has 0 radical (unpaired) electrons. The minimum Gasteiger partial charge on any atom is -0.389 e. The molecule has 2 rings (SSSR count). The third-order valence-electron chi connectivity index (χ3n) is 2.52. The van der Waals surface area contributed by atoms with Crippen LogP contribution in [0.3, 0.4) is 0 Å². The summed E-state index contributed by atoms with van der Waals surface area (Å²) >= 11 is 0. The van der Waals surface area contributed by atoms with Gasteiger partial charge in [-0.2, -0.15) is 13.2 Å². The zero-order valence-electron chi connectivity index (χ0n) is 7.88. The Morgan fingerprint density at radius 2 is 2.07 bits per heavy atom. The molecule has 0 saturated heterocycles. The molecule has 1 heterocycles. The highest BCUT2D eigenvalue weighted by atomic mass is 19.4. The van der Waals surface area contributed by atoms with Crippen molar-refractivity contribution in [3.8, 4) is 0 Å². The van der Waals surface area contributed by atoms with Gasteiger partial charge in [-0.25, -0.2) is 0 Å². The standard InChI is InChI=1S/C10H10F3NO/c11-10(12,13)7-2-1-5-14-8(7)6-9(15)3-4-9/h1-2,5,15H,3-4,6H2. The highest BCUT2D eigenvalue weighted by Gasteiger charge is 2.43. The van der Waals surface area contributed by atoms with Crippen molar-refractivity contribution in [2.45, 2.75) is 31.0 Å². The van der Waals surface area contributed by atoms with E-state index in [1.165, 1.54) is 12.3 Å². The Balaban J connectivity index is 2.30. The number of alkyl halides is 3. The van der Waals surface area contributed by atoms with E-state index >= 15 is 0 Å². The van der Waals surface area contributed by atoms with Gasteiger partial charge in [0.2, 0.25) is 0 Å². The lowest BCUT2D eigenvalue weighted by Gasteiger charge is -2.13. The van der Waals surface area contributed by atoms with E-state index in [0.717, 1.165) is 6.07 Å². The Bertz CT molecular complexity index is 371. The lowest BCUT2D eigenvalue weighted by molar-refractivity contribution is -0.138. The van der Waals surface area contributed by atoms with Crippen LogP contribution in [-0.2, 0) is 12.6 Å². The Morgan fingerprint density at radius 1 is 1.40 bits per heavy atom. The van der Waals surface area contributed by atoms with Gasteiger partial charge in [0.25, 0.3) is 0 Å². The molecule has 0 spiro atoms. The molecule has 0 atom stereocenters. The summed E-state index contributed by atoms with van der Waals surface area (Å²) in [6, 6.07) is 2.25. The third-order valence-corrected chi connectivity index (χ3v) is 2.52. The fraction of sp³-hybridized carbons (Fsp3) is 0.500. The summed E-state index contributed by atoms with van der Waals surface area (Å²) in [6.45, 7) is 0. The maximum atomic E-state index is 12.5. The van der Waals surface area contributed by atoms with Gasteiger partial charge in [0.05, 0.1) is 16.9 Å². The molecule has 1 N–H and O–H groups in total. The summed E-state index contributed by atoms with van der Waals surface area (Å²) < 4.78 is 37.6. The van der Waals surface area contributed by atoms with E-state index in [4.69, 9.17) is 0 Å².